The number of nitrogens with zero attached hydrogens (tertiary/aromatic N) is 4. The summed E-state index contributed by atoms with van der Waals surface area (Å²) in [6.07, 6.45) is 3.54. The molecule has 2 fully saturated rings. The number of benzene rings is 1. The van der Waals surface area contributed by atoms with Crippen LogP contribution < -0.4 is 10.2 Å². The van der Waals surface area contributed by atoms with Gasteiger partial charge in [-0.2, -0.15) is 0 Å². The van der Waals surface area contributed by atoms with Gasteiger partial charge in [0.2, 0.25) is 11.8 Å². The van der Waals surface area contributed by atoms with Gasteiger partial charge in [-0.3, -0.25) is 14.5 Å². The van der Waals surface area contributed by atoms with E-state index in [2.05, 4.69) is 31.5 Å². The summed E-state index contributed by atoms with van der Waals surface area (Å²) in [5, 5.41) is 6.08. The lowest BCUT2D eigenvalue weighted by Gasteiger charge is -2.38. The number of amides is 2. The van der Waals surface area contributed by atoms with Gasteiger partial charge in [0.25, 0.3) is 0 Å². The zero-order chi connectivity index (χ0) is 23.5. The molecule has 4 heterocycles. The monoisotopic (exact) mass is 481 g/mol. The molecule has 34 heavy (non-hydrogen) atoms. The quantitative estimate of drug-likeness (QED) is 0.605. The van der Waals surface area contributed by atoms with E-state index in [1.54, 1.807) is 23.5 Å². The number of hydrogen-bond acceptors (Lipinski definition) is 6. The maximum Gasteiger partial charge on any atom is 0.238 e. The Kier molecular flexibility index (Phi) is 6.73. The number of carbonyl (C=O) groups excluding carboxylic acids is 2. The average molecular weight is 482 g/mol. The highest BCUT2D eigenvalue weighted by molar-refractivity contribution is 7.17. The molecule has 0 unspecified atom stereocenters. The summed E-state index contributed by atoms with van der Waals surface area (Å²) < 4.78 is 14.3. The largest absolute Gasteiger partial charge is 0.356 e. The predicted octanol–water partition coefficient (Wildman–Crippen LogP) is 3.43. The Labute approximate surface area is 202 Å². The van der Waals surface area contributed by atoms with Crippen LogP contribution in [0.25, 0.3) is 10.1 Å². The number of pyridine rings is 1. The molecule has 0 bridgehead atoms. The van der Waals surface area contributed by atoms with E-state index in [0.29, 0.717) is 31.9 Å². The Hall–Kier alpha value is -3.04. The summed E-state index contributed by atoms with van der Waals surface area (Å²) in [6.45, 7) is 4.55. The molecule has 0 atom stereocenters. The SMILES string of the molecule is O=C(CN1CCN(C(=O)C2CCN(c3nccc4sccc34)CC2)CC1)Nc1ccc(F)cc1. The van der Waals surface area contributed by atoms with Crippen molar-refractivity contribution in [2.75, 3.05) is 56.0 Å². The van der Waals surface area contributed by atoms with Gasteiger partial charge >= 0.3 is 0 Å². The second-order valence-corrected chi connectivity index (χ2v) is 9.83. The number of hydrogen-bond donors (Lipinski definition) is 1. The lowest BCUT2D eigenvalue weighted by atomic mass is 9.94. The molecule has 0 radical (unpaired) electrons. The number of rotatable bonds is 5. The third kappa shape index (κ3) is 5.05. The first kappa shape index (κ1) is 22.7. The summed E-state index contributed by atoms with van der Waals surface area (Å²) in [7, 11) is 0. The fourth-order valence-electron chi connectivity index (χ4n) is 4.79. The molecule has 7 nitrogen and oxygen atoms in total. The van der Waals surface area contributed by atoms with E-state index in [-0.39, 0.29) is 30.1 Å². The third-order valence-electron chi connectivity index (χ3n) is 6.68. The fraction of sp³-hybridized carbons (Fsp3) is 0.400. The van der Waals surface area contributed by atoms with Crippen molar-refractivity contribution in [3.05, 3.63) is 53.8 Å². The predicted molar refractivity (Wildman–Crippen MR) is 133 cm³/mol. The third-order valence-corrected chi connectivity index (χ3v) is 7.56. The van der Waals surface area contributed by atoms with Crippen LogP contribution in [0.2, 0.25) is 0 Å². The van der Waals surface area contributed by atoms with Crippen molar-refractivity contribution in [2.45, 2.75) is 12.8 Å². The van der Waals surface area contributed by atoms with Crippen LogP contribution in [-0.4, -0.2) is 72.4 Å². The van der Waals surface area contributed by atoms with E-state index in [4.69, 9.17) is 0 Å². The van der Waals surface area contributed by atoms with Gasteiger partial charge < -0.3 is 15.1 Å². The van der Waals surface area contributed by atoms with Gasteiger partial charge in [-0.15, -0.1) is 11.3 Å². The Morgan fingerprint density at radius 1 is 1.00 bits per heavy atom. The molecule has 178 valence electrons. The molecule has 3 aromatic rings. The first-order valence-electron chi connectivity index (χ1n) is 11.7. The smallest absolute Gasteiger partial charge is 0.238 e. The summed E-state index contributed by atoms with van der Waals surface area (Å²) in [5.41, 5.74) is 0.581. The normalized spacial score (nSPS) is 17.8. The Bertz CT molecular complexity index is 1150. The lowest BCUT2D eigenvalue weighted by molar-refractivity contribution is -0.138. The van der Waals surface area contributed by atoms with Gasteiger partial charge in [0.15, 0.2) is 0 Å². The van der Waals surface area contributed by atoms with E-state index in [9.17, 15) is 14.0 Å². The summed E-state index contributed by atoms with van der Waals surface area (Å²) in [4.78, 5) is 36.3. The molecule has 0 aliphatic carbocycles. The lowest BCUT2D eigenvalue weighted by Crippen LogP contribution is -2.52. The average Bonchev–Trinajstić information content (AvgIpc) is 3.35. The second-order valence-electron chi connectivity index (χ2n) is 8.88. The molecule has 2 aliphatic heterocycles. The molecule has 2 amide bonds. The fourth-order valence-corrected chi connectivity index (χ4v) is 5.57. The Morgan fingerprint density at radius 3 is 2.47 bits per heavy atom. The Morgan fingerprint density at radius 2 is 1.74 bits per heavy atom. The molecule has 0 spiro atoms. The van der Waals surface area contributed by atoms with Crippen LogP contribution in [0.1, 0.15) is 12.8 Å². The van der Waals surface area contributed by atoms with Crippen molar-refractivity contribution in [1.29, 1.82) is 0 Å². The number of nitrogens with one attached hydrogen (secondary N) is 1. The van der Waals surface area contributed by atoms with Crippen LogP contribution in [0, 0.1) is 11.7 Å². The van der Waals surface area contributed by atoms with Crippen molar-refractivity contribution in [3.8, 4) is 0 Å². The number of carbonyl (C=O) groups is 2. The highest BCUT2D eigenvalue weighted by Gasteiger charge is 2.31. The van der Waals surface area contributed by atoms with Gasteiger partial charge in [0.05, 0.1) is 6.54 Å². The first-order chi connectivity index (χ1) is 16.6. The number of piperazine rings is 1. The zero-order valence-corrected chi connectivity index (χ0v) is 19.8. The maximum atomic E-state index is 13.1. The van der Waals surface area contributed by atoms with Gasteiger partial charge in [-0.25, -0.2) is 9.37 Å². The number of piperidine rings is 1. The molecule has 5 rings (SSSR count). The number of anilines is 2. The number of fused-ring (bicyclic) bond motifs is 1. The second kappa shape index (κ2) is 10.1. The topological polar surface area (TPSA) is 68.8 Å². The van der Waals surface area contributed by atoms with Crippen LogP contribution in [0.3, 0.4) is 0 Å². The van der Waals surface area contributed by atoms with Crippen molar-refractivity contribution in [2.24, 2.45) is 5.92 Å². The van der Waals surface area contributed by atoms with Crippen LogP contribution in [0.15, 0.2) is 48.0 Å². The van der Waals surface area contributed by atoms with Gasteiger partial charge in [-0.1, -0.05) is 0 Å². The molecular formula is C25H28FN5O2S. The van der Waals surface area contributed by atoms with Crippen LogP contribution in [-0.2, 0) is 9.59 Å². The minimum Gasteiger partial charge on any atom is -0.356 e. The maximum absolute atomic E-state index is 13.1. The Balaban J connectivity index is 1.08. The molecule has 0 saturated carbocycles. The van der Waals surface area contributed by atoms with Crippen molar-refractivity contribution in [3.63, 3.8) is 0 Å². The van der Waals surface area contributed by atoms with Crippen molar-refractivity contribution >= 4 is 44.7 Å². The standard InChI is InChI=1S/C25H28FN5O2S/c26-19-1-3-20(4-2-19)28-23(32)17-29-12-14-31(15-13-29)25(33)18-6-10-30(11-7-18)24-21-8-16-34-22(21)5-9-27-24/h1-5,8-9,16,18H,6-7,10-15,17H2,(H,28,32). The van der Waals surface area contributed by atoms with E-state index in [1.807, 2.05) is 17.2 Å². The minimum atomic E-state index is -0.332. The van der Waals surface area contributed by atoms with E-state index < -0.39 is 0 Å². The van der Waals surface area contributed by atoms with Crippen molar-refractivity contribution < 1.29 is 14.0 Å². The summed E-state index contributed by atoms with van der Waals surface area (Å²) >= 11 is 1.72. The number of halogens is 1. The number of thiophene rings is 1. The minimum absolute atomic E-state index is 0.0475. The summed E-state index contributed by atoms with van der Waals surface area (Å²) in [5.74, 6) is 0.842. The van der Waals surface area contributed by atoms with Crippen LogP contribution >= 0.6 is 11.3 Å². The first-order valence-corrected chi connectivity index (χ1v) is 12.6. The molecule has 2 aromatic heterocycles. The number of aromatic nitrogens is 1. The molecule has 2 aliphatic rings. The van der Waals surface area contributed by atoms with Gasteiger partial charge in [0.1, 0.15) is 11.6 Å². The molecule has 1 aromatic carbocycles. The molecule has 9 heteroatoms. The van der Waals surface area contributed by atoms with Crippen LogP contribution in [0.4, 0.5) is 15.9 Å². The van der Waals surface area contributed by atoms with E-state index >= 15 is 0 Å². The van der Waals surface area contributed by atoms with Gasteiger partial charge in [0, 0.05) is 67.2 Å². The summed E-state index contributed by atoms with van der Waals surface area (Å²) in [6, 6.07) is 9.91. The van der Waals surface area contributed by atoms with Crippen LogP contribution in [0.5, 0.6) is 0 Å². The zero-order valence-electron chi connectivity index (χ0n) is 19.0. The molecule has 2 saturated heterocycles. The van der Waals surface area contributed by atoms with E-state index in [0.717, 1.165) is 31.7 Å². The highest BCUT2D eigenvalue weighted by Crippen LogP contribution is 2.31. The highest BCUT2D eigenvalue weighted by atomic mass is 32.1. The van der Waals surface area contributed by atoms with Crippen molar-refractivity contribution in [1.82, 2.24) is 14.8 Å². The van der Waals surface area contributed by atoms with Gasteiger partial charge in [-0.05, 0) is 54.6 Å². The molecular weight excluding hydrogens is 453 g/mol. The van der Waals surface area contributed by atoms with E-state index in [1.165, 1.54) is 22.2 Å². The molecule has 1 N–H and O–H groups in total.